The number of nitrogens with one attached hydrogen (secondary N) is 1. The van der Waals surface area contributed by atoms with Crippen LogP contribution in [0.25, 0.3) is 11.3 Å². The van der Waals surface area contributed by atoms with Gasteiger partial charge < -0.3 is 5.32 Å². The lowest BCUT2D eigenvalue weighted by atomic mass is 10.1. The minimum atomic E-state index is 0.0525. The second-order valence-electron chi connectivity index (χ2n) is 5.90. The third-order valence-corrected chi connectivity index (χ3v) is 3.45. The van der Waals surface area contributed by atoms with Gasteiger partial charge in [-0.15, -0.1) is 0 Å². The summed E-state index contributed by atoms with van der Waals surface area (Å²) < 4.78 is 1.81. The number of hydrogen-bond acceptors (Lipinski definition) is 2. The van der Waals surface area contributed by atoms with Gasteiger partial charge in [-0.3, -0.25) is 4.68 Å². The summed E-state index contributed by atoms with van der Waals surface area (Å²) in [5, 5.41) is 9.24. The number of aromatic nitrogens is 2. The maximum Gasteiger partial charge on any atom is 0.0982 e. The molecule has 0 radical (unpaired) electrons. The van der Waals surface area contributed by atoms with Crippen LogP contribution in [0.3, 0.4) is 0 Å². The minimum Gasteiger partial charge on any atom is -0.308 e. The summed E-state index contributed by atoms with van der Waals surface area (Å²) in [7, 11) is 1.91. The molecule has 1 aromatic carbocycles. The van der Waals surface area contributed by atoms with Crippen LogP contribution >= 0.6 is 23.2 Å². The Labute approximate surface area is 129 Å². The summed E-state index contributed by atoms with van der Waals surface area (Å²) in [5.74, 6) is 0. The molecule has 0 aliphatic carbocycles. The molecule has 1 heterocycles. The third-order valence-electron chi connectivity index (χ3n) is 2.90. The van der Waals surface area contributed by atoms with Gasteiger partial charge in [0.1, 0.15) is 0 Å². The Kier molecular flexibility index (Phi) is 4.43. The molecule has 0 spiro atoms. The molecule has 0 amide bonds. The van der Waals surface area contributed by atoms with Crippen molar-refractivity contribution in [2.75, 3.05) is 0 Å². The molecule has 0 atom stereocenters. The number of nitrogens with zero attached hydrogens (tertiary/aromatic N) is 2. The normalized spacial score (nSPS) is 11.9. The van der Waals surface area contributed by atoms with E-state index in [2.05, 4.69) is 31.2 Å². The molecule has 2 rings (SSSR count). The molecule has 5 heteroatoms. The van der Waals surface area contributed by atoms with E-state index in [-0.39, 0.29) is 5.54 Å². The first-order chi connectivity index (χ1) is 9.26. The first-order valence-corrected chi connectivity index (χ1v) is 7.25. The zero-order valence-corrected chi connectivity index (χ0v) is 13.7. The van der Waals surface area contributed by atoms with Crippen molar-refractivity contribution in [2.45, 2.75) is 32.9 Å². The van der Waals surface area contributed by atoms with Gasteiger partial charge in [-0.1, -0.05) is 23.2 Å². The van der Waals surface area contributed by atoms with Crippen molar-refractivity contribution in [2.24, 2.45) is 7.05 Å². The Morgan fingerprint density at radius 2 is 1.95 bits per heavy atom. The molecule has 0 saturated heterocycles. The van der Waals surface area contributed by atoms with Crippen LogP contribution in [0.4, 0.5) is 0 Å². The lowest BCUT2D eigenvalue weighted by Gasteiger charge is -2.20. The predicted octanol–water partition coefficient (Wildman–Crippen LogP) is 4.28. The van der Waals surface area contributed by atoms with Gasteiger partial charge >= 0.3 is 0 Å². The molecule has 0 saturated carbocycles. The fourth-order valence-corrected chi connectivity index (χ4v) is 2.43. The molecular weight excluding hydrogens is 293 g/mol. The maximum absolute atomic E-state index is 6.28. The highest BCUT2D eigenvalue weighted by molar-refractivity contribution is 6.36. The zero-order valence-electron chi connectivity index (χ0n) is 12.2. The van der Waals surface area contributed by atoms with E-state index in [1.807, 2.05) is 25.4 Å². The zero-order chi connectivity index (χ0) is 14.9. The van der Waals surface area contributed by atoms with Gasteiger partial charge in [-0.2, -0.15) is 5.10 Å². The molecule has 0 unspecified atom stereocenters. The van der Waals surface area contributed by atoms with Crippen LogP contribution in [-0.2, 0) is 13.6 Å². The highest BCUT2D eigenvalue weighted by atomic mass is 35.5. The first-order valence-electron chi connectivity index (χ1n) is 6.49. The van der Waals surface area contributed by atoms with Crippen molar-refractivity contribution in [3.63, 3.8) is 0 Å². The predicted molar refractivity (Wildman–Crippen MR) is 85.3 cm³/mol. The van der Waals surface area contributed by atoms with Crippen LogP contribution in [0.1, 0.15) is 26.3 Å². The van der Waals surface area contributed by atoms with Gasteiger partial charge in [0.25, 0.3) is 0 Å². The quantitative estimate of drug-likeness (QED) is 0.916. The number of halogens is 2. The largest absolute Gasteiger partial charge is 0.308 e. The number of aryl methyl sites for hydroxylation is 1. The topological polar surface area (TPSA) is 29.9 Å². The molecule has 108 valence electrons. The maximum atomic E-state index is 6.28. The molecule has 0 bridgehead atoms. The second-order valence-corrected chi connectivity index (χ2v) is 6.75. The number of benzene rings is 1. The third kappa shape index (κ3) is 3.75. The highest BCUT2D eigenvalue weighted by Gasteiger charge is 2.16. The summed E-state index contributed by atoms with van der Waals surface area (Å²) in [5.41, 5.74) is 2.97. The summed E-state index contributed by atoms with van der Waals surface area (Å²) in [4.78, 5) is 0. The van der Waals surface area contributed by atoms with Gasteiger partial charge in [0.15, 0.2) is 0 Å². The van der Waals surface area contributed by atoms with E-state index in [1.54, 1.807) is 10.7 Å². The van der Waals surface area contributed by atoms with Crippen molar-refractivity contribution in [3.05, 3.63) is 40.0 Å². The van der Waals surface area contributed by atoms with Crippen LogP contribution < -0.4 is 5.32 Å². The summed E-state index contributed by atoms with van der Waals surface area (Å²) in [6, 6.07) is 5.49. The van der Waals surface area contributed by atoms with E-state index < -0.39 is 0 Å². The van der Waals surface area contributed by atoms with Gasteiger partial charge in [0.2, 0.25) is 0 Å². The minimum absolute atomic E-state index is 0.0525. The average molecular weight is 312 g/mol. The van der Waals surface area contributed by atoms with Crippen LogP contribution in [0.5, 0.6) is 0 Å². The van der Waals surface area contributed by atoms with E-state index in [0.29, 0.717) is 10.0 Å². The smallest absolute Gasteiger partial charge is 0.0982 e. The fourth-order valence-electron chi connectivity index (χ4n) is 1.94. The van der Waals surface area contributed by atoms with Crippen molar-refractivity contribution in [1.29, 1.82) is 0 Å². The Bertz CT molecular complexity index is 612. The monoisotopic (exact) mass is 311 g/mol. The van der Waals surface area contributed by atoms with Crippen LogP contribution in [0.15, 0.2) is 24.4 Å². The lowest BCUT2D eigenvalue weighted by molar-refractivity contribution is 0.424. The van der Waals surface area contributed by atoms with Crippen molar-refractivity contribution >= 4 is 23.2 Å². The molecule has 0 aliphatic heterocycles. The van der Waals surface area contributed by atoms with Gasteiger partial charge in [-0.25, -0.2) is 0 Å². The van der Waals surface area contributed by atoms with E-state index in [0.717, 1.165) is 23.4 Å². The van der Waals surface area contributed by atoms with Crippen LogP contribution in [-0.4, -0.2) is 15.3 Å². The second kappa shape index (κ2) is 5.76. The molecule has 20 heavy (non-hydrogen) atoms. The van der Waals surface area contributed by atoms with Crippen molar-refractivity contribution < 1.29 is 0 Å². The summed E-state index contributed by atoms with van der Waals surface area (Å²) in [6.07, 6.45) is 2.01. The fraction of sp³-hybridized carbons (Fsp3) is 0.400. The molecule has 2 aromatic rings. The van der Waals surface area contributed by atoms with Crippen LogP contribution in [0.2, 0.25) is 10.0 Å². The molecule has 0 fully saturated rings. The van der Waals surface area contributed by atoms with Gasteiger partial charge in [0.05, 0.1) is 10.7 Å². The first kappa shape index (κ1) is 15.4. The molecule has 1 aromatic heterocycles. The Balaban J connectivity index is 2.36. The number of rotatable bonds is 3. The SMILES string of the molecule is Cn1cc(CNC(C)(C)C)c(-c2ccc(Cl)cc2Cl)n1. The van der Waals surface area contributed by atoms with Gasteiger partial charge in [-0.05, 0) is 39.0 Å². The van der Waals surface area contributed by atoms with Crippen molar-refractivity contribution in [3.8, 4) is 11.3 Å². The van der Waals surface area contributed by atoms with E-state index in [4.69, 9.17) is 23.2 Å². The van der Waals surface area contributed by atoms with E-state index in [1.165, 1.54) is 0 Å². The lowest BCUT2D eigenvalue weighted by Crippen LogP contribution is -2.35. The van der Waals surface area contributed by atoms with Crippen LogP contribution in [0, 0.1) is 0 Å². The van der Waals surface area contributed by atoms with E-state index >= 15 is 0 Å². The number of hydrogen-bond donors (Lipinski definition) is 1. The summed E-state index contributed by atoms with van der Waals surface area (Å²) in [6.45, 7) is 7.15. The Morgan fingerprint density at radius 3 is 2.55 bits per heavy atom. The summed E-state index contributed by atoms with van der Waals surface area (Å²) >= 11 is 12.2. The standard InChI is InChI=1S/C15H19Cl2N3/c1-15(2,3)18-8-10-9-20(4)19-14(10)12-6-5-11(16)7-13(12)17/h5-7,9,18H,8H2,1-4H3. The molecular formula is C15H19Cl2N3. The Hall–Kier alpha value is -1.03. The Morgan fingerprint density at radius 1 is 1.25 bits per heavy atom. The molecule has 1 N–H and O–H groups in total. The van der Waals surface area contributed by atoms with Crippen molar-refractivity contribution in [1.82, 2.24) is 15.1 Å². The van der Waals surface area contributed by atoms with E-state index in [9.17, 15) is 0 Å². The van der Waals surface area contributed by atoms with Gasteiger partial charge in [0, 0.05) is 41.5 Å². The highest BCUT2D eigenvalue weighted by Crippen LogP contribution is 2.31. The average Bonchev–Trinajstić information content (AvgIpc) is 2.67. The molecule has 0 aliphatic rings. The molecule has 3 nitrogen and oxygen atoms in total.